The van der Waals surface area contributed by atoms with Gasteiger partial charge in [-0.1, -0.05) is 35.9 Å². The number of aromatic hydroxyl groups is 1. The fourth-order valence-electron chi connectivity index (χ4n) is 3.57. The van der Waals surface area contributed by atoms with Crippen LogP contribution in [-0.4, -0.2) is 36.3 Å². The summed E-state index contributed by atoms with van der Waals surface area (Å²) in [6, 6.07) is 18.9. The Kier molecular flexibility index (Phi) is 8.40. The quantitative estimate of drug-likeness (QED) is 0.193. The van der Waals surface area contributed by atoms with Gasteiger partial charge in [0.05, 0.1) is 23.4 Å². The number of nitrogens with zero attached hydrogens (tertiary/aromatic N) is 1. The van der Waals surface area contributed by atoms with Crippen LogP contribution in [-0.2, 0) is 4.79 Å². The van der Waals surface area contributed by atoms with Crippen molar-refractivity contribution in [3.8, 4) is 17.2 Å². The van der Waals surface area contributed by atoms with Gasteiger partial charge >= 0.3 is 0 Å². The first kappa shape index (κ1) is 26.4. The van der Waals surface area contributed by atoms with Crippen molar-refractivity contribution in [3.05, 3.63) is 94.8 Å². The Balaban J connectivity index is 1.43. The Labute approximate surface area is 222 Å². The second-order valence-electron chi connectivity index (χ2n) is 8.02. The molecule has 3 N–H and O–H groups in total. The summed E-state index contributed by atoms with van der Waals surface area (Å²) in [7, 11) is 0. The van der Waals surface area contributed by atoms with Gasteiger partial charge in [0, 0.05) is 5.69 Å². The van der Waals surface area contributed by atoms with Gasteiger partial charge in [0.25, 0.3) is 11.8 Å². The Bertz CT molecular complexity index is 1510. The molecule has 4 aromatic carbocycles. The van der Waals surface area contributed by atoms with E-state index < -0.39 is 17.6 Å². The standard InChI is InChI=1S/C28H23ClFN3O5/c1-2-37-25-12-17(11-23(29)27(25)38-16-26(35)32-21-9-7-20(30)8-10-21)15-31-33-28(36)22-13-18-5-3-4-6-19(18)14-24(22)34/h3-15,34H,2,16H2,1H3,(H,32,35)(H,33,36). The second kappa shape index (κ2) is 12.1. The lowest BCUT2D eigenvalue weighted by molar-refractivity contribution is -0.118. The SMILES string of the molecule is CCOc1cc(C=NNC(=O)c2cc3ccccc3cc2O)cc(Cl)c1OCC(=O)Nc1ccc(F)cc1. The lowest BCUT2D eigenvalue weighted by atomic mass is 10.1. The molecule has 38 heavy (non-hydrogen) atoms. The van der Waals surface area contributed by atoms with Gasteiger partial charge in [-0.2, -0.15) is 5.10 Å². The minimum Gasteiger partial charge on any atom is -0.507 e. The van der Waals surface area contributed by atoms with Gasteiger partial charge in [-0.05, 0) is 71.8 Å². The van der Waals surface area contributed by atoms with E-state index in [-0.39, 0.29) is 34.4 Å². The molecule has 0 saturated carbocycles. The lowest BCUT2D eigenvalue weighted by Gasteiger charge is -2.14. The molecule has 0 fully saturated rings. The summed E-state index contributed by atoms with van der Waals surface area (Å²) < 4.78 is 24.3. The summed E-state index contributed by atoms with van der Waals surface area (Å²) in [6.45, 7) is 1.71. The van der Waals surface area contributed by atoms with Crippen molar-refractivity contribution in [2.75, 3.05) is 18.5 Å². The molecule has 2 amide bonds. The Morgan fingerprint density at radius 2 is 1.74 bits per heavy atom. The number of anilines is 1. The van der Waals surface area contributed by atoms with Gasteiger partial charge in [0.1, 0.15) is 11.6 Å². The Hall–Kier alpha value is -4.63. The monoisotopic (exact) mass is 535 g/mol. The maximum Gasteiger partial charge on any atom is 0.275 e. The predicted octanol–water partition coefficient (Wildman–Crippen LogP) is 5.52. The first-order valence-corrected chi connectivity index (χ1v) is 11.9. The predicted molar refractivity (Wildman–Crippen MR) is 144 cm³/mol. The molecular formula is C28H23ClFN3O5. The van der Waals surface area contributed by atoms with Gasteiger partial charge < -0.3 is 19.9 Å². The highest BCUT2D eigenvalue weighted by Gasteiger charge is 2.15. The summed E-state index contributed by atoms with van der Waals surface area (Å²) in [5.41, 5.74) is 3.37. The minimum absolute atomic E-state index is 0.0801. The third kappa shape index (κ3) is 6.57. The highest BCUT2D eigenvalue weighted by molar-refractivity contribution is 6.32. The fraction of sp³-hybridized carbons (Fsp3) is 0.107. The van der Waals surface area contributed by atoms with E-state index in [0.29, 0.717) is 17.9 Å². The molecule has 194 valence electrons. The number of ether oxygens (including phenoxy) is 2. The van der Waals surface area contributed by atoms with Crippen molar-refractivity contribution in [2.24, 2.45) is 5.10 Å². The molecular weight excluding hydrogens is 513 g/mol. The van der Waals surface area contributed by atoms with Crippen LogP contribution in [0.4, 0.5) is 10.1 Å². The molecule has 4 rings (SSSR count). The van der Waals surface area contributed by atoms with E-state index in [1.807, 2.05) is 24.3 Å². The van der Waals surface area contributed by atoms with Crippen LogP contribution in [0.1, 0.15) is 22.8 Å². The normalized spacial score (nSPS) is 10.9. The van der Waals surface area contributed by atoms with Crippen LogP contribution in [0, 0.1) is 5.82 Å². The largest absolute Gasteiger partial charge is 0.507 e. The fourth-order valence-corrected chi connectivity index (χ4v) is 3.84. The first-order valence-electron chi connectivity index (χ1n) is 11.5. The van der Waals surface area contributed by atoms with Crippen LogP contribution in [0.2, 0.25) is 5.02 Å². The van der Waals surface area contributed by atoms with Crippen molar-refractivity contribution in [1.82, 2.24) is 5.43 Å². The molecule has 0 radical (unpaired) electrons. The van der Waals surface area contributed by atoms with Crippen LogP contribution in [0.5, 0.6) is 17.2 Å². The number of halogens is 2. The van der Waals surface area contributed by atoms with Gasteiger partial charge in [0.15, 0.2) is 18.1 Å². The zero-order valence-electron chi connectivity index (χ0n) is 20.2. The van der Waals surface area contributed by atoms with Crippen LogP contribution in [0.25, 0.3) is 10.8 Å². The summed E-state index contributed by atoms with van der Waals surface area (Å²) >= 11 is 6.38. The zero-order valence-corrected chi connectivity index (χ0v) is 21.0. The van der Waals surface area contributed by atoms with E-state index in [0.717, 1.165) is 10.8 Å². The molecule has 0 spiro atoms. The topological polar surface area (TPSA) is 109 Å². The average molecular weight is 536 g/mol. The molecule has 0 aliphatic carbocycles. The lowest BCUT2D eigenvalue weighted by Crippen LogP contribution is -2.20. The van der Waals surface area contributed by atoms with E-state index >= 15 is 0 Å². The van der Waals surface area contributed by atoms with Crippen LogP contribution < -0.4 is 20.2 Å². The van der Waals surface area contributed by atoms with Crippen LogP contribution in [0.15, 0.2) is 77.9 Å². The number of hydrogen-bond donors (Lipinski definition) is 3. The number of fused-ring (bicyclic) bond motifs is 1. The summed E-state index contributed by atoms with van der Waals surface area (Å²) in [6.07, 6.45) is 1.36. The number of benzene rings is 4. The highest BCUT2D eigenvalue weighted by atomic mass is 35.5. The molecule has 0 aromatic heterocycles. The summed E-state index contributed by atoms with van der Waals surface area (Å²) in [4.78, 5) is 24.8. The van der Waals surface area contributed by atoms with Crippen LogP contribution >= 0.6 is 11.6 Å². The molecule has 8 nitrogen and oxygen atoms in total. The molecule has 0 aliphatic heterocycles. The number of amides is 2. The van der Waals surface area contributed by atoms with Gasteiger partial charge in [-0.15, -0.1) is 0 Å². The molecule has 0 heterocycles. The summed E-state index contributed by atoms with van der Waals surface area (Å²) in [5.74, 6) is -1.21. The molecule has 0 bridgehead atoms. The maximum absolute atomic E-state index is 13.0. The molecule has 0 unspecified atom stereocenters. The highest BCUT2D eigenvalue weighted by Crippen LogP contribution is 2.36. The molecule has 0 atom stereocenters. The minimum atomic E-state index is -0.590. The number of hydrazone groups is 1. The van der Waals surface area contributed by atoms with Crippen molar-refractivity contribution in [1.29, 1.82) is 0 Å². The second-order valence-corrected chi connectivity index (χ2v) is 8.43. The third-order valence-corrected chi connectivity index (χ3v) is 5.58. The third-order valence-electron chi connectivity index (χ3n) is 5.30. The van der Waals surface area contributed by atoms with Gasteiger partial charge in [-0.3, -0.25) is 9.59 Å². The van der Waals surface area contributed by atoms with E-state index in [9.17, 15) is 19.1 Å². The number of phenols is 1. The summed E-state index contributed by atoms with van der Waals surface area (Å²) in [5, 5.41) is 18.5. The first-order chi connectivity index (χ1) is 18.3. The van der Waals surface area contributed by atoms with Crippen molar-refractivity contribution < 1.29 is 28.6 Å². The maximum atomic E-state index is 13.0. The average Bonchev–Trinajstić information content (AvgIpc) is 2.89. The zero-order chi connectivity index (χ0) is 27.1. The number of carbonyl (C=O) groups is 2. The van der Waals surface area contributed by atoms with Crippen molar-refractivity contribution in [3.63, 3.8) is 0 Å². The number of hydrogen-bond acceptors (Lipinski definition) is 6. The molecule has 4 aromatic rings. The number of carbonyl (C=O) groups excluding carboxylic acids is 2. The van der Waals surface area contributed by atoms with Crippen molar-refractivity contribution in [2.45, 2.75) is 6.92 Å². The van der Waals surface area contributed by atoms with Gasteiger partial charge in [0.2, 0.25) is 0 Å². The Morgan fingerprint density at radius 1 is 1.03 bits per heavy atom. The molecule has 10 heteroatoms. The molecule has 0 aliphatic rings. The van der Waals surface area contributed by atoms with Gasteiger partial charge in [-0.25, -0.2) is 9.82 Å². The smallest absolute Gasteiger partial charge is 0.275 e. The van der Waals surface area contributed by atoms with E-state index in [1.54, 1.807) is 19.1 Å². The number of rotatable bonds is 9. The van der Waals surface area contributed by atoms with E-state index in [1.165, 1.54) is 42.6 Å². The van der Waals surface area contributed by atoms with E-state index in [4.69, 9.17) is 21.1 Å². The Morgan fingerprint density at radius 3 is 2.45 bits per heavy atom. The van der Waals surface area contributed by atoms with E-state index in [2.05, 4.69) is 15.8 Å². The van der Waals surface area contributed by atoms with Crippen molar-refractivity contribution >= 4 is 46.1 Å². The number of phenolic OH excluding ortho intramolecular Hbond substituents is 1. The number of nitrogens with one attached hydrogen (secondary N) is 2. The molecule has 0 saturated heterocycles. The van der Waals surface area contributed by atoms with Crippen LogP contribution in [0.3, 0.4) is 0 Å².